The predicted molar refractivity (Wildman–Crippen MR) is 86.4 cm³/mol. The number of nitrogens with one attached hydrogen (secondary N) is 1. The van der Waals surface area contributed by atoms with Crippen molar-refractivity contribution in [3.63, 3.8) is 0 Å². The van der Waals surface area contributed by atoms with Crippen molar-refractivity contribution >= 4 is 27.5 Å². The Morgan fingerprint density at radius 2 is 1.90 bits per heavy atom. The van der Waals surface area contributed by atoms with Crippen molar-refractivity contribution < 1.29 is 8.42 Å². The van der Waals surface area contributed by atoms with Crippen LogP contribution in [-0.4, -0.2) is 24.9 Å². The topological polar surface area (TPSA) is 85.1 Å². The Morgan fingerprint density at radius 3 is 2.57 bits per heavy atom. The van der Waals surface area contributed by atoms with Gasteiger partial charge in [0, 0.05) is 22.5 Å². The molecule has 1 aromatic carbocycles. The summed E-state index contributed by atoms with van der Waals surface area (Å²) >= 11 is 1.49. The zero-order valence-corrected chi connectivity index (χ0v) is 13.0. The standard InChI is InChI=1S/C14H17N3O2S2/c15-12-4-6-14(7-5-12)20-9-10-21(18,19)17-11-13-3-1-2-8-16-13/h1-8,17H,9-11,15H2. The maximum atomic E-state index is 11.9. The summed E-state index contributed by atoms with van der Waals surface area (Å²) in [5, 5.41) is 0. The molecule has 0 saturated heterocycles. The lowest BCUT2D eigenvalue weighted by molar-refractivity contribution is 0.582. The van der Waals surface area contributed by atoms with Gasteiger partial charge in [-0.3, -0.25) is 4.98 Å². The molecule has 0 amide bonds. The first-order chi connectivity index (χ1) is 10.1. The van der Waals surface area contributed by atoms with Gasteiger partial charge in [0.1, 0.15) is 0 Å². The number of hydrogen-bond donors (Lipinski definition) is 2. The molecule has 0 fully saturated rings. The number of sulfonamides is 1. The second-order valence-electron chi connectivity index (χ2n) is 4.38. The molecule has 1 heterocycles. The largest absolute Gasteiger partial charge is 0.399 e. The van der Waals surface area contributed by atoms with E-state index in [1.54, 1.807) is 30.5 Å². The van der Waals surface area contributed by atoms with Crippen LogP contribution in [0.25, 0.3) is 0 Å². The molecule has 5 nitrogen and oxygen atoms in total. The van der Waals surface area contributed by atoms with Crippen LogP contribution in [0.15, 0.2) is 53.6 Å². The summed E-state index contributed by atoms with van der Waals surface area (Å²) in [7, 11) is -3.29. The van der Waals surface area contributed by atoms with Crippen LogP contribution < -0.4 is 10.5 Å². The number of rotatable bonds is 7. The highest BCUT2D eigenvalue weighted by molar-refractivity contribution is 8.00. The highest BCUT2D eigenvalue weighted by Crippen LogP contribution is 2.19. The number of benzene rings is 1. The quantitative estimate of drug-likeness (QED) is 0.600. The molecule has 1 aromatic heterocycles. The molecule has 0 atom stereocenters. The fourth-order valence-electron chi connectivity index (χ4n) is 1.59. The molecule has 21 heavy (non-hydrogen) atoms. The van der Waals surface area contributed by atoms with Crippen molar-refractivity contribution in [3.8, 4) is 0 Å². The third-order valence-corrected chi connectivity index (χ3v) is 5.30. The Hall–Kier alpha value is -1.57. The van der Waals surface area contributed by atoms with Crippen molar-refractivity contribution in [3.05, 3.63) is 54.4 Å². The van der Waals surface area contributed by atoms with E-state index in [0.29, 0.717) is 17.1 Å². The highest BCUT2D eigenvalue weighted by atomic mass is 32.2. The lowest BCUT2D eigenvalue weighted by atomic mass is 10.3. The van der Waals surface area contributed by atoms with Gasteiger partial charge in [0.2, 0.25) is 10.0 Å². The summed E-state index contributed by atoms with van der Waals surface area (Å²) < 4.78 is 26.3. The van der Waals surface area contributed by atoms with E-state index in [2.05, 4.69) is 9.71 Å². The van der Waals surface area contributed by atoms with Crippen LogP contribution in [0.5, 0.6) is 0 Å². The van der Waals surface area contributed by atoms with Crippen LogP contribution in [-0.2, 0) is 16.6 Å². The van der Waals surface area contributed by atoms with Crippen LogP contribution >= 0.6 is 11.8 Å². The summed E-state index contributed by atoms with van der Waals surface area (Å²) in [4.78, 5) is 5.08. The number of nitrogen functional groups attached to an aromatic ring is 1. The Balaban J connectivity index is 1.77. The summed E-state index contributed by atoms with van der Waals surface area (Å²) in [6.45, 7) is 0.218. The Labute approximate surface area is 129 Å². The van der Waals surface area contributed by atoms with Crippen LogP contribution in [0.3, 0.4) is 0 Å². The second kappa shape index (κ2) is 7.44. The van der Waals surface area contributed by atoms with E-state index in [-0.39, 0.29) is 12.3 Å². The zero-order chi connectivity index (χ0) is 15.1. The molecular weight excluding hydrogens is 306 g/mol. The Morgan fingerprint density at radius 1 is 1.14 bits per heavy atom. The molecule has 0 aliphatic heterocycles. The number of nitrogens with zero attached hydrogens (tertiary/aromatic N) is 1. The van der Waals surface area contributed by atoms with Gasteiger partial charge >= 0.3 is 0 Å². The number of aromatic nitrogens is 1. The van der Waals surface area contributed by atoms with E-state index in [9.17, 15) is 8.42 Å². The SMILES string of the molecule is Nc1ccc(SCCS(=O)(=O)NCc2ccccn2)cc1. The lowest BCUT2D eigenvalue weighted by Gasteiger charge is -2.06. The number of anilines is 1. The molecule has 2 rings (SSSR count). The van der Waals surface area contributed by atoms with Gasteiger partial charge in [0.15, 0.2) is 0 Å². The third kappa shape index (κ3) is 5.74. The van der Waals surface area contributed by atoms with E-state index >= 15 is 0 Å². The summed E-state index contributed by atoms with van der Waals surface area (Å²) in [5.41, 5.74) is 7.00. The fourth-order valence-corrected chi connectivity index (χ4v) is 3.88. The number of thioether (sulfide) groups is 1. The molecule has 0 unspecified atom stereocenters. The van der Waals surface area contributed by atoms with Crippen molar-refractivity contribution in [1.82, 2.24) is 9.71 Å². The molecule has 0 radical (unpaired) electrons. The van der Waals surface area contributed by atoms with E-state index < -0.39 is 10.0 Å². The second-order valence-corrected chi connectivity index (χ2v) is 7.47. The molecule has 3 N–H and O–H groups in total. The molecule has 2 aromatic rings. The van der Waals surface area contributed by atoms with Gasteiger partial charge in [-0.05, 0) is 36.4 Å². The number of pyridine rings is 1. The molecule has 7 heteroatoms. The van der Waals surface area contributed by atoms with Crippen molar-refractivity contribution in [2.75, 3.05) is 17.2 Å². The van der Waals surface area contributed by atoms with E-state index in [1.165, 1.54) is 11.8 Å². The van der Waals surface area contributed by atoms with Crippen molar-refractivity contribution in [1.29, 1.82) is 0 Å². The van der Waals surface area contributed by atoms with Crippen LogP contribution in [0.2, 0.25) is 0 Å². The first-order valence-electron chi connectivity index (χ1n) is 6.41. The molecular formula is C14H17N3O2S2. The monoisotopic (exact) mass is 323 g/mol. The minimum atomic E-state index is -3.29. The summed E-state index contributed by atoms with van der Waals surface area (Å²) in [5.74, 6) is 0.552. The fraction of sp³-hybridized carbons (Fsp3) is 0.214. The van der Waals surface area contributed by atoms with E-state index in [1.807, 2.05) is 18.2 Å². The first kappa shape index (κ1) is 15.8. The zero-order valence-electron chi connectivity index (χ0n) is 11.4. The van der Waals surface area contributed by atoms with Gasteiger partial charge < -0.3 is 5.73 Å². The van der Waals surface area contributed by atoms with Crippen LogP contribution in [0.4, 0.5) is 5.69 Å². The Bertz CT molecular complexity index is 658. The van der Waals surface area contributed by atoms with Gasteiger partial charge in [0.25, 0.3) is 0 Å². The smallest absolute Gasteiger partial charge is 0.212 e. The lowest BCUT2D eigenvalue weighted by Crippen LogP contribution is -2.27. The van der Waals surface area contributed by atoms with Crippen LogP contribution in [0.1, 0.15) is 5.69 Å². The van der Waals surface area contributed by atoms with Crippen molar-refractivity contribution in [2.45, 2.75) is 11.4 Å². The maximum Gasteiger partial charge on any atom is 0.212 e. The summed E-state index contributed by atoms with van der Waals surface area (Å²) in [6, 6.07) is 12.8. The molecule has 0 spiro atoms. The van der Waals surface area contributed by atoms with Gasteiger partial charge in [0.05, 0.1) is 18.0 Å². The molecule has 0 bridgehead atoms. The Kier molecular flexibility index (Phi) is 5.60. The normalized spacial score (nSPS) is 11.4. The van der Waals surface area contributed by atoms with Gasteiger partial charge in [-0.15, -0.1) is 11.8 Å². The highest BCUT2D eigenvalue weighted by Gasteiger charge is 2.10. The van der Waals surface area contributed by atoms with E-state index in [0.717, 1.165) is 4.90 Å². The van der Waals surface area contributed by atoms with Gasteiger partial charge in [-0.2, -0.15) is 0 Å². The van der Waals surface area contributed by atoms with Gasteiger partial charge in [-0.25, -0.2) is 13.1 Å². The maximum absolute atomic E-state index is 11.9. The molecule has 0 aliphatic rings. The van der Waals surface area contributed by atoms with Crippen molar-refractivity contribution in [2.24, 2.45) is 0 Å². The average molecular weight is 323 g/mol. The predicted octanol–water partition coefficient (Wildman–Crippen LogP) is 1.88. The molecule has 0 aliphatic carbocycles. The first-order valence-corrected chi connectivity index (χ1v) is 9.04. The minimum Gasteiger partial charge on any atom is -0.399 e. The minimum absolute atomic E-state index is 0.0644. The molecule has 0 saturated carbocycles. The molecule has 112 valence electrons. The van der Waals surface area contributed by atoms with Gasteiger partial charge in [-0.1, -0.05) is 6.07 Å². The summed E-state index contributed by atoms with van der Waals surface area (Å²) in [6.07, 6.45) is 1.64. The number of nitrogens with two attached hydrogens (primary N) is 1. The van der Waals surface area contributed by atoms with Crippen LogP contribution in [0, 0.1) is 0 Å². The number of hydrogen-bond acceptors (Lipinski definition) is 5. The average Bonchev–Trinajstić information content (AvgIpc) is 2.48. The van der Waals surface area contributed by atoms with E-state index in [4.69, 9.17) is 5.73 Å². The third-order valence-electron chi connectivity index (χ3n) is 2.70.